The third-order valence-corrected chi connectivity index (χ3v) is 4.42. The van der Waals surface area contributed by atoms with Crippen molar-refractivity contribution in [2.75, 3.05) is 13.2 Å². The first kappa shape index (κ1) is 17.7. The summed E-state index contributed by atoms with van der Waals surface area (Å²) in [6, 6.07) is 15.0. The number of rotatable bonds is 6. The zero-order valence-electron chi connectivity index (χ0n) is 14.7. The molecular formula is C20H20N2O4. The summed E-state index contributed by atoms with van der Waals surface area (Å²) >= 11 is 0. The normalized spacial score (nSPS) is 19.4. The molecule has 134 valence electrons. The molecule has 1 saturated heterocycles. The van der Waals surface area contributed by atoms with Gasteiger partial charge >= 0.3 is 6.03 Å². The molecule has 1 heterocycles. The van der Waals surface area contributed by atoms with Crippen LogP contribution in [0.4, 0.5) is 4.79 Å². The van der Waals surface area contributed by atoms with Crippen LogP contribution in [0.15, 0.2) is 54.6 Å². The highest BCUT2D eigenvalue weighted by Gasteiger charge is 2.49. The number of carbonyl (C=O) groups excluding carboxylic acids is 3. The summed E-state index contributed by atoms with van der Waals surface area (Å²) < 4.78 is 5.34. The van der Waals surface area contributed by atoms with Gasteiger partial charge in [0.05, 0.1) is 13.2 Å². The fourth-order valence-electron chi connectivity index (χ4n) is 2.95. The Hall–Kier alpha value is -3.15. The smallest absolute Gasteiger partial charge is 0.325 e. The lowest BCUT2D eigenvalue weighted by atomic mass is 9.92. The van der Waals surface area contributed by atoms with Crippen molar-refractivity contribution in [3.63, 3.8) is 0 Å². The van der Waals surface area contributed by atoms with Gasteiger partial charge in [0.25, 0.3) is 5.91 Å². The zero-order valence-corrected chi connectivity index (χ0v) is 14.7. The molecule has 0 unspecified atom stereocenters. The average Bonchev–Trinajstić information content (AvgIpc) is 2.87. The molecule has 1 fully saturated rings. The third kappa shape index (κ3) is 3.18. The van der Waals surface area contributed by atoms with Crippen molar-refractivity contribution in [1.29, 1.82) is 0 Å². The van der Waals surface area contributed by atoms with E-state index >= 15 is 0 Å². The molecule has 0 spiro atoms. The fraction of sp³-hybridized carbons (Fsp3) is 0.250. The number of carbonyl (C=O) groups is 3. The minimum Gasteiger partial charge on any atom is -0.494 e. The molecule has 0 saturated carbocycles. The van der Waals surface area contributed by atoms with Crippen LogP contribution in [0.25, 0.3) is 0 Å². The number of hydrogen-bond acceptors (Lipinski definition) is 4. The lowest BCUT2D eigenvalue weighted by molar-refractivity contribution is -0.130. The Morgan fingerprint density at radius 1 is 1.08 bits per heavy atom. The summed E-state index contributed by atoms with van der Waals surface area (Å²) in [7, 11) is 0. The second-order valence-electron chi connectivity index (χ2n) is 6.19. The van der Waals surface area contributed by atoms with E-state index in [-0.39, 0.29) is 12.3 Å². The molecule has 26 heavy (non-hydrogen) atoms. The Morgan fingerprint density at radius 2 is 1.73 bits per heavy atom. The van der Waals surface area contributed by atoms with Crippen molar-refractivity contribution >= 4 is 17.7 Å². The Balaban J connectivity index is 1.76. The van der Waals surface area contributed by atoms with Crippen molar-refractivity contribution in [3.05, 3.63) is 65.7 Å². The molecule has 1 aliphatic rings. The van der Waals surface area contributed by atoms with Gasteiger partial charge in [0, 0.05) is 5.56 Å². The molecule has 2 aromatic rings. The summed E-state index contributed by atoms with van der Waals surface area (Å²) in [5.74, 6) is -0.0856. The van der Waals surface area contributed by atoms with Gasteiger partial charge in [0.1, 0.15) is 11.3 Å². The highest BCUT2D eigenvalue weighted by atomic mass is 16.5. The molecule has 1 atom stereocenters. The van der Waals surface area contributed by atoms with Gasteiger partial charge in [-0.3, -0.25) is 14.5 Å². The first-order valence-electron chi connectivity index (χ1n) is 8.41. The monoisotopic (exact) mass is 352 g/mol. The summed E-state index contributed by atoms with van der Waals surface area (Å²) in [5.41, 5.74) is -0.0750. The van der Waals surface area contributed by atoms with E-state index in [1.54, 1.807) is 55.5 Å². The molecule has 3 rings (SSSR count). The van der Waals surface area contributed by atoms with Gasteiger partial charge in [-0.25, -0.2) is 4.79 Å². The number of ether oxygens (including phenoxy) is 1. The first-order chi connectivity index (χ1) is 12.5. The van der Waals surface area contributed by atoms with Gasteiger partial charge in [-0.1, -0.05) is 30.3 Å². The molecule has 1 N–H and O–H groups in total. The van der Waals surface area contributed by atoms with Crippen LogP contribution in [0.5, 0.6) is 5.75 Å². The number of ketones is 1. The van der Waals surface area contributed by atoms with E-state index in [4.69, 9.17) is 4.74 Å². The van der Waals surface area contributed by atoms with Gasteiger partial charge in [0.15, 0.2) is 5.78 Å². The lowest BCUT2D eigenvalue weighted by Crippen LogP contribution is -2.41. The maximum atomic E-state index is 12.8. The molecule has 0 bridgehead atoms. The summed E-state index contributed by atoms with van der Waals surface area (Å²) in [6.45, 7) is 3.75. The quantitative estimate of drug-likeness (QED) is 0.641. The lowest BCUT2D eigenvalue weighted by Gasteiger charge is -2.22. The molecule has 1 aliphatic heterocycles. The average molecular weight is 352 g/mol. The number of nitrogens with zero attached hydrogens (tertiary/aromatic N) is 1. The Morgan fingerprint density at radius 3 is 2.35 bits per heavy atom. The van der Waals surface area contributed by atoms with Crippen molar-refractivity contribution in [3.8, 4) is 5.75 Å². The molecule has 0 radical (unpaired) electrons. The molecule has 0 aliphatic carbocycles. The van der Waals surface area contributed by atoms with E-state index in [0.29, 0.717) is 23.5 Å². The van der Waals surface area contributed by atoms with Crippen LogP contribution in [0.3, 0.4) is 0 Å². The van der Waals surface area contributed by atoms with Gasteiger partial charge < -0.3 is 10.1 Å². The molecule has 3 amide bonds. The van der Waals surface area contributed by atoms with E-state index in [1.807, 2.05) is 13.0 Å². The van der Waals surface area contributed by atoms with E-state index in [2.05, 4.69) is 5.32 Å². The minimum absolute atomic E-state index is 0.304. The van der Waals surface area contributed by atoms with Crippen LogP contribution in [0.2, 0.25) is 0 Å². The van der Waals surface area contributed by atoms with Crippen LogP contribution in [-0.4, -0.2) is 35.8 Å². The van der Waals surface area contributed by atoms with Crippen LogP contribution in [0, 0.1) is 0 Å². The maximum absolute atomic E-state index is 12.8. The van der Waals surface area contributed by atoms with Crippen molar-refractivity contribution in [2.45, 2.75) is 19.4 Å². The number of Topliss-reactive ketones (excluding diaryl/α,β-unsaturated/α-hetero) is 1. The second kappa shape index (κ2) is 7.00. The molecule has 6 heteroatoms. The summed E-state index contributed by atoms with van der Waals surface area (Å²) in [5, 5.41) is 2.69. The number of hydrogen-bond donors (Lipinski definition) is 1. The zero-order chi connectivity index (χ0) is 18.7. The van der Waals surface area contributed by atoms with Gasteiger partial charge in [0.2, 0.25) is 0 Å². The SMILES string of the molecule is CCOc1ccc(C(=O)CN2C(=O)N[C@@](C)(c3ccccc3)C2=O)cc1. The van der Waals surface area contributed by atoms with Crippen LogP contribution >= 0.6 is 0 Å². The predicted octanol–water partition coefficient (Wildman–Crippen LogP) is 2.74. The number of amides is 3. The first-order valence-corrected chi connectivity index (χ1v) is 8.41. The van der Waals surface area contributed by atoms with E-state index < -0.39 is 17.5 Å². The van der Waals surface area contributed by atoms with E-state index in [1.165, 1.54) is 0 Å². The maximum Gasteiger partial charge on any atom is 0.325 e. The van der Waals surface area contributed by atoms with Crippen molar-refractivity contribution in [2.24, 2.45) is 0 Å². The Bertz CT molecular complexity index is 833. The van der Waals surface area contributed by atoms with Gasteiger partial charge in [-0.15, -0.1) is 0 Å². The summed E-state index contributed by atoms with van der Waals surface area (Å²) in [4.78, 5) is 38.6. The van der Waals surface area contributed by atoms with Crippen LogP contribution in [-0.2, 0) is 10.3 Å². The molecule has 2 aromatic carbocycles. The van der Waals surface area contributed by atoms with Crippen LogP contribution < -0.4 is 10.1 Å². The molecule has 6 nitrogen and oxygen atoms in total. The highest BCUT2D eigenvalue weighted by molar-refractivity contribution is 6.11. The molecule has 0 aromatic heterocycles. The Kier molecular flexibility index (Phi) is 4.75. The van der Waals surface area contributed by atoms with E-state index in [0.717, 1.165) is 4.90 Å². The summed E-state index contributed by atoms with van der Waals surface area (Å²) in [6.07, 6.45) is 0. The van der Waals surface area contributed by atoms with Gasteiger partial charge in [-0.2, -0.15) is 0 Å². The number of imide groups is 1. The van der Waals surface area contributed by atoms with Crippen LogP contribution in [0.1, 0.15) is 29.8 Å². The fourth-order valence-corrected chi connectivity index (χ4v) is 2.95. The standard InChI is InChI=1S/C20H20N2O4/c1-3-26-16-11-9-14(10-12-16)17(23)13-22-18(24)20(2,21-19(22)25)15-7-5-4-6-8-15/h4-12H,3,13H2,1-2H3,(H,21,25)/t20-/m0/s1. The van der Waals surface area contributed by atoms with Crippen molar-refractivity contribution < 1.29 is 19.1 Å². The topological polar surface area (TPSA) is 75.7 Å². The van der Waals surface area contributed by atoms with E-state index in [9.17, 15) is 14.4 Å². The number of nitrogens with one attached hydrogen (secondary N) is 1. The number of urea groups is 1. The predicted molar refractivity (Wildman–Crippen MR) is 96.0 cm³/mol. The Labute approximate surface area is 151 Å². The number of benzene rings is 2. The largest absolute Gasteiger partial charge is 0.494 e. The van der Waals surface area contributed by atoms with Gasteiger partial charge in [-0.05, 0) is 43.7 Å². The highest BCUT2D eigenvalue weighted by Crippen LogP contribution is 2.28. The van der Waals surface area contributed by atoms with Crippen molar-refractivity contribution in [1.82, 2.24) is 10.2 Å². The third-order valence-electron chi connectivity index (χ3n) is 4.42. The second-order valence-corrected chi connectivity index (χ2v) is 6.19. The molecular weight excluding hydrogens is 332 g/mol. The minimum atomic E-state index is -1.17.